The van der Waals surface area contributed by atoms with Crippen LogP contribution in [-0.2, 0) is 22.1 Å². The van der Waals surface area contributed by atoms with Crippen LogP contribution in [-0.4, -0.2) is 111 Å². The van der Waals surface area contributed by atoms with Crippen LogP contribution in [0.1, 0.15) is 19.8 Å². The van der Waals surface area contributed by atoms with Crippen molar-refractivity contribution in [3.05, 3.63) is 36.2 Å². The molecule has 4 aromatic heterocycles. The lowest BCUT2D eigenvalue weighted by atomic mass is 9.89. The molecular weight excluding hydrogens is 575 g/mol. The SMILES string of the molecule is CCS(=O)(=O)N1CC(CC#N)(n2cc(-c3nc(Nc4cnn(CCCN5CCN(C)CC5)c4)nc4ccsc34)cn2)C1. The standard InChI is InChI=1S/C27H35N11O2S2/c1-3-42(39,40)37-19-27(20-37,6-7-28)38-17-21(15-30-38)24-25-23(5-14-41-25)32-26(33-24)31-22-16-29-36(18-22)9-4-8-35-12-10-34(2)11-13-35/h5,14-18H,3-4,6,8-13,19-20H2,1-2H3,(H,31,32,33). The van der Waals surface area contributed by atoms with Crippen molar-refractivity contribution in [3.8, 4) is 17.3 Å². The van der Waals surface area contributed by atoms with Gasteiger partial charge < -0.3 is 15.1 Å². The molecule has 1 N–H and O–H groups in total. The smallest absolute Gasteiger partial charge is 0.228 e. The number of sulfonamides is 1. The van der Waals surface area contributed by atoms with Crippen molar-refractivity contribution >= 4 is 43.2 Å². The minimum absolute atomic E-state index is 0.0303. The van der Waals surface area contributed by atoms with Gasteiger partial charge in [-0.1, -0.05) is 0 Å². The maximum Gasteiger partial charge on any atom is 0.228 e. The number of piperazine rings is 1. The molecule has 0 spiro atoms. The van der Waals surface area contributed by atoms with Crippen molar-refractivity contribution in [2.45, 2.75) is 31.8 Å². The second kappa shape index (κ2) is 11.7. The molecule has 2 aliphatic heterocycles. The van der Waals surface area contributed by atoms with Gasteiger partial charge in [-0.3, -0.25) is 9.36 Å². The lowest BCUT2D eigenvalue weighted by Gasteiger charge is -2.47. The monoisotopic (exact) mass is 609 g/mol. The summed E-state index contributed by atoms with van der Waals surface area (Å²) in [6.45, 7) is 8.45. The van der Waals surface area contributed by atoms with Gasteiger partial charge in [0.05, 0.1) is 52.2 Å². The Morgan fingerprint density at radius 3 is 2.67 bits per heavy atom. The predicted molar refractivity (Wildman–Crippen MR) is 162 cm³/mol. The van der Waals surface area contributed by atoms with Crippen LogP contribution in [0.3, 0.4) is 0 Å². The molecule has 222 valence electrons. The van der Waals surface area contributed by atoms with E-state index in [9.17, 15) is 13.7 Å². The summed E-state index contributed by atoms with van der Waals surface area (Å²) in [5.74, 6) is 0.485. The Bertz CT molecular complexity index is 1690. The average Bonchev–Trinajstić information content (AvgIpc) is 3.73. The lowest BCUT2D eigenvalue weighted by Crippen LogP contribution is -2.64. The summed E-state index contributed by atoms with van der Waals surface area (Å²) in [5, 5.41) is 23.9. The fraction of sp³-hybridized carbons (Fsp3) is 0.519. The highest BCUT2D eigenvalue weighted by Gasteiger charge is 2.49. The average molecular weight is 610 g/mol. The summed E-state index contributed by atoms with van der Waals surface area (Å²) in [7, 11) is -1.16. The van der Waals surface area contributed by atoms with E-state index in [0.29, 0.717) is 5.95 Å². The number of rotatable bonds is 11. The minimum Gasteiger partial charge on any atom is -0.321 e. The molecule has 0 aliphatic carbocycles. The summed E-state index contributed by atoms with van der Waals surface area (Å²) >= 11 is 1.55. The van der Waals surface area contributed by atoms with Crippen LogP contribution in [0.4, 0.5) is 11.6 Å². The Hall–Kier alpha value is -3.42. The predicted octanol–water partition coefficient (Wildman–Crippen LogP) is 2.41. The first-order valence-electron chi connectivity index (χ1n) is 14.1. The molecule has 2 fully saturated rings. The second-order valence-corrected chi connectivity index (χ2v) is 14.2. The number of likely N-dealkylation sites (N-methyl/N-ethyl adjacent to an activating group) is 1. The molecule has 0 saturated carbocycles. The Labute approximate surface area is 249 Å². The Balaban J connectivity index is 1.17. The fourth-order valence-corrected chi connectivity index (χ4v) is 7.58. The quantitative estimate of drug-likeness (QED) is 0.269. The normalized spacial score (nSPS) is 18.2. The molecule has 0 bridgehead atoms. The van der Waals surface area contributed by atoms with E-state index in [1.54, 1.807) is 35.3 Å². The molecule has 2 saturated heterocycles. The molecule has 15 heteroatoms. The number of nitrogens with one attached hydrogen (secondary N) is 1. The summed E-state index contributed by atoms with van der Waals surface area (Å²) in [4.78, 5) is 14.4. The third-order valence-corrected chi connectivity index (χ3v) is 10.8. The lowest BCUT2D eigenvalue weighted by molar-refractivity contribution is 0.0719. The van der Waals surface area contributed by atoms with Crippen LogP contribution in [0.2, 0.25) is 0 Å². The van der Waals surface area contributed by atoms with Gasteiger partial charge >= 0.3 is 0 Å². The molecule has 0 radical (unpaired) electrons. The van der Waals surface area contributed by atoms with Crippen molar-refractivity contribution < 1.29 is 8.42 Å². The highest BCUT2D eigenvalue weighted by molar-refractivity contribution is 7.89. The molecule has 0 unspecified atom stereocenters. The van der Waals surface area contributed by atoms with Crippen LogP contribution in [0.15, 0.2) is 36.2 Å². The molecule has 2 aliphatic rings. The molecule has 42 heavy (non-hydrogen) atoms. The minimum atomic E-state index is -3.33. The maximum atomic E-state index is 12.3. The number of hydrogen-bond donors (Lipinski definition) is 1. The van der Waals surface area contributed by atoms with Gasteiger partial charge in [0.15, 0.2) is 0 Å². The number of nitrogens with zero attached hydrogens (tertiary/aromatic N) is 10. The van der Waals surface area contributed by atoms with Crippen LogP contribution < -0.4 is 5.32 Å². The fourth-order valence-electron chi connectivity index (χ4n) is 5.50. The largest absolute Gasteiger partial charge is 0.321 e. The number of nitriles is 1. The first kappa shape index (κ1) is 28.7. The van der Waals surface area contributed by atoms with Crippen LogP contribution in [0.5, 0.6) is 0 Å². The second-order valence-electron chi connectivity index (χ2n) is 11.0. The summed E-state index contributed by atoms with van der Waals surface area (Å²) in [6.07, 6.45) is 8.53. The molecule has 6 rings (SSSR count). The summed E-state index contributed by atoms with van der Waals surface area (Å²) in [6, 6.07) is 4.17. The Morgan fingerprint density at radius 1 is 1.10 bits per heavy atom. The van der Waals surface area contributed by atoms with E-state index in [4.69, 9.17) is 9.97 Å². The van der Waals surface area contributed by atoms with Gasteiger partial charge in [0.1, 0.15) is 5.54 Å². The number of thiophene rings is 1. The third-order valence-electron chi connectivity index (χ3n) is 8.10. The topological polar surface area (TPSA) is 141 Å². The van der Waals surface area contributed by atoms with E-state index in [2.05, 4.69) is 38.4 Å². The first-order valence-corrected chi connectivity index (χ1v) is 16.6. The Morgan fingerprint density at radius 2 is 1.90 bits per heavy atom. The number of hydrogen-bond acceptors (Lipinski definition) is 11. The van der Waals surface area contributed by atoms with Gasteiger partial charge in [-0.25, -0.2) is 18.4 Å². The van der Waals surface area contributed by atoms with Crippen LogP contribution in [0, 0.1) is 11.3 Å². The van der Waals surface area contributed by atoms with Gasteiger partial charge in [0.2, 0.25) is 16.0 Å². The number of fused-ring (bicyclic) bond motifs is 1. The van der Waals surface area contributed by atoms with E-state index in [0.717, 1.165) is 72.9 Å². The van der Waals surface area contributed by atoms with E-state index < -0.39 is 15.6 Å². The molecule has 0 amide bonds. The molecule has 0 aromatic carbocycles. The molecule has 13 nitrogen and oxygen atoms in total. The van der Waals surface area contributed by atoms with Crippen molar-refractivity contribution in [2.24, 2.45) is 0 Å². The number of aryl methyl sites for hydroxylation is 1. The van der Waals surface area contributed by atoms with Gasteiger partial charge in [-0.15, -0.1) is 11.3 Å². The third kappa shape index (κ3) is 5.77. The summed E-state index contributed by atoms with van der Waals surface area (Å²) in [5.41, 5.74) is 2.44. The molecule has 6 heterocycles. The van der Waals surface area contributed by atoms with Gasteiger partial charge in [-0.2, -0.15) is 19.8 Å². The Kier molecular flexibility index (Phi) is 7.99. The van der Waals surface area contributed by atoms with Crippen molar-refractivity contribution in [1.82, 2.24) is 43.6 Å². The van der Waals surface area contributed by atoms with E-state index in [1.807, 2.05) is 28.5 Å². The zero-order valence-electron chi connectivity index (χ0n) is 23.8. The highest BCUT2D eigenvalue weighted by Crippen LogP contribution is 2.37. The maximum absolute atomic E-state index is 12.3. The first-order chi connectivity index (χ1) is 20.3. The zero-order valence-corrected chi connectivity index (χ0v) is 25.5. The van der Waals surface area contributed by atoms with Crippen LogP contribution >= 0.6 is 11.3 Å². The molecule has 0 atom stereocenters. The van der Waals surface area contributed by atoms with E-state index >= 15 is 0 Å². The van der Waals surface area contributed by atoms with Gasteiger partial charge in [0.25, 0.3) is 0 Å². The molecular formula is C27H35N11O2S2. The van der Waals surface area contributed by atoms with Gasteiger partial charge in [-0.05, 0) is 38.4 Å². The number of aromatic nitrogens is 6. The van der Waals surface area contributed by atoms with Crippen molar-refractivity contribution in [1.29, 1.82) is 5.26 Å². The van der Waals surface area contributed by atoms with Crippen LogP contribution in [0.25, 0.3) is 21.5 Å². The number of anilines is 2. The van der Waals surface area contributed by atoms with Crippen molar-refractivity contribution in [2.75, 3.05) is 63.9 Å². The van der Waals surface area contributed by atoms with E-state index in [1.165, 1.54) is 4.31 Å². The molecule has 4 aromatic rings. The van der Waals surface area contributed by atoms with Gasteiger partial charge in [0, 0.05) is 63.8 Å². The van der Waals surface area contributed by atoms with E-state index in [-0.39, 0.29) is 25.3 Å². The zero-order chi connectivity index (χ0) is 29.3. The highest BCUT2D eigenvalue weighted by atomic mass is 32.2. The van der Waals surface area contributed by atoms with Crippen molar-refractivity contribution in [3.63, 3.8) is 0 Å². The summed E-state index contributed by atoms with van der Waals surface area (Å²) < 4.78 is 30.7.